The number of amides is 1. The van der Waals surface area contributed by atoms with Crippen molar-refractivity contribution in [3.05, 3.63) is 54.1 Å². The molecule has 21 heavy (non-hydrogen) atoms. The summed E-state index contributed by atoms with van der Waals surface area (Å²) >= 11 is 0. The normalized spacial score (nSPS) is 11.1. The van der Waals surface area contributed by atoms with E-state index < -0.39 is 18.6 Å². The third-order valence-corrected chi connectivity index (χ3v) is 2.49. The van der Waals surface area contributed by atoms with E-state index in [9.17, 15) is 18.0 Å². The zero-order valence-corrected chi connectivity index (χ0v) is 11.1. The Hall–Kier alpha value is -2.55. The van der Waals surface area contributed by atoms with E-state index in [0.29, 0.717) is 16.0 Å². The fraction of sp³-hybridized carbons (Fsp3) is 0.200. The summed E-state index contributed by atoms with van der Waals surface area (Å²) in [7, 11) is 0. The van der Waals surface area contributed by atoms with Gasteiger partial charge in [-0.3, -0.25) is 4.79 Å². The number of hydrogen-bond acceptors (Lipinski definition) is 2. The Kier molecular flexibility index (Phi) is 5.73. The summed E-state index contributed by atoms with van der Waals surface area (Å²) in [6, 6.07) is 8.26. The van der Waals surface area contributed by atoms with Crippen molar-refractivity contribution in [3.8, 4) is 6.07 Å². The van der Waals surface area contributed by atoms with Crippen LogP contribution in [0.2, 0.25) is 0 Å². The van der Waals surface area contributed by atoms with E-state index in [4.69, 9.17) is 5.26 Å². The molecule has 1 aromatic rings. The molecule has 0 aliphatic carbocycles. The van der Waals surface area contributed by atoms with Crippen molar-refractivity contribution in [3.63, 3.8) is 0 Å². The molecule has 0 fully saturated rings. The molecule has 0 heterocycles. The number of alkyl halides is 3. The highest BCUT2D eigenvalue weighted by Gasteiger charge is 2.31. The molecule has 0 spiro atoms. The van der Waals surface area contributed by atoms with Crippen LogP contribution >= 0.6 is 0 Å². The second-order valence-electron chi connectivity index (χ2n) is 4.19. The molecule has 0 aliphatic rings. The maximum Gasteiger partial charge on any atom is 0.406 e. The van der Waals surface area contributed by atoms with Crippen molar-refractivity contribution >= 4 is 12.0 Å². The van der Waals surface area contributed by atoms with Crippen LogP contribution in [0.4, 0.5) is 13.2 Å². The average Bonchev–Trinajstić information content (AvgIpc) is 2.43. The van der Waals surface area contributed by atoms with Gasteiger partial charge in [0.2, 0.25) is 5.91 Å². The minimum atomic E-state index is -4.46. The van der Waals surface area contributed by atoms with Gasteiger partial charge in [-0.1, -0.05) is 18.2 Å². The van der Waals surface area contributed by atoms with Gasteiger partial charge in [0.1, 0.15) is 6.54 Å². The van der Waals surface area contributed by atoms with Crippen LogP contribution in [-0.4, -0.2) is 30.1 Å². The molecular weight excluding hydrogens is 281 g/mol. The largest absolute Gasteiger partial charge is 0.406 e. The topological polar surface area (TPSA) is 44.1 Å². The lowest BCUT2D eigenvalue weighted by Gasteiger charge is -2.20. The summed E-state index contributed by atoms with van der Waals surface area (Å²) in [4.78, 5) is 12.4. The molecule has 110 valence electrons. The predicted octanol–water partition coefficient (Wildman–Crippen LogP) is 3.15. The fourth-order valence-electron chi connectivity index (χ4n) is 1.55. The minimum absolute atomic E-state index is 0.184. The third-order valence-electron chi connectivity index (χ3n) is 2.49. The number of halogens is 3. The highest BCUT2D eigenvalue weighted by atomic mass is 19.4. The number of carbonyl (C=O) groups excluding carboxylic acids is 1. The first-order valence-electron chi connectivity index (χ1n) is 6.00. The molecular formula is C15H13F3N2O. The van der Waals surface area contributed by atoms with Crippen molar-refractivity contribution in [2.24, 2.45) is 0 Å². The van der Waals surface area contributed by atoms with Crippen molar-refractivity contribution in [2.75, 3.05) is 13.1 Å². The van der Waals surface area contributed by atoms with Gasteiger partial charge < -0.3 is 4.90 Å². The number of hydrogen-bond donors (Lipinski definition) is 0. The summed E-state index contributed by atoms with van der Waals surface area (Å²) in [5.74, 6) is -0.753. The molecule has 0 saturated heterocycles. The maximum absolute atomic E-state index is 12.4. The third kappa shape index (κ3) is 5.95. The van der Waals surface area contributed by atoms with Gasteiger partial charge in [-0.15, -0.1) is 6.58 Å². The lowest BCUT2D eigenvalue weighted by Crippen LogP contribution is -2.38. The standard InChI is InChI=1S/C15H13F3N2O/c1-2-9-20(11-15(16,17)18)14(21)8-7-12-3-5-13(10-19)6-4-12/h2-8H,1,9,11H2/b8-7+. The van der Waals surface area contributed by atoms with Crippen molar-refractivity contribution in [2.45, 2.75) is 6.18 Å². The summed E-state index contributed by atoms with van der Waals surface area (Å²) in [5.41, 5.74) is 1.08. The van der Waals surface area contributed by atoms with Crippen LogP contribution in [0.3, 0.4) is 0 Å². The summed E-state index contributed by atoms with van der Waals surface area (Å²) in [6.45, 7) is 1.83. The Morgan fingerprint density at radius 3 is 2.43 bits per heavy atom. The minimum Gasteiger partial charge on any atom is -0.326 e. The average molecular weight is 294 g/mol. The monoisotopic (exact) mass is 294 g/mol. The highest BCUT2D eigenvalue weighted by molar-refractivity contribution is 5.91. The second kappa shape index (κ2) is 7.29. The quantitative estimate of drug-likeness (QED) is 0.618. The Balaban J connectivity index is 2.77. The fourth-order valence-corrected chi connectivity index (χ4v) is 1.55. The van der Waals surface area contributed by atoms with Crippen molar-refractivity contribution in [1.82, 2.24) is 4.90 Å². The molecule has 0 aliphatic heterocycles. The summed E-state index contributed by atoms with van der Waals surface area (Å²) in [5, 5.41) is 8.64. The Morgan fingerprint density at radius 2 is 1.95 bits per heavy atom. The smallest absolute Gasteiger partial charge is 0.326 e. The first kappa shape index (κ1) is 16.5. The molecule has 0 atom stereocenters. The van der Waals surface area contributed by atoms with Crippen LogP contribution in [0.5, 0.6) is 0 Å². The molecule has 0 N–H and O–H groups in total. The van der Waals surface area contributed by atoms with Gasteiger partial charge in [-0.2, -0.15) is 18.4 Å². The number of nitrogens with zero attached hydrogens (tertiary/aromatic N) is 2. The molecule has 1 aromatic carbocycles. The molecule has 0 unspecified atom stereocenters. The van der Waals surface area contributed by atoms with Crippen molar-refractivity contribution in [1.29, 1.82) is 5.26 Å². The van der Waals surface area contributed by atoms with Gasteiger partial charge in [-0.25, -0.2) is 0 Å². The van der Waals surface area contributed by atoms with Crippen LogP contribution in [0.1, 0.15) is 11.1 Å². The molecule has 6 heteroatoms. The van der Waals surface area contributed by atoms with Gasteiger partial charge in [-0.05, 0) is 23.8 Å². The lowest BCUT2D eigenvalue weighted by atomic mass is 10.1. The Bertz CT molecular complexity index is 568. The molecule has 0 aromatic heterocycles. The molecule has 1 rings (SSSR count). The van der Waals surface area contributed by atoms with Crippen LogP contribution in [-0.2, 0) is 4.79 Å². The van der Waals surface area contributed by atoms with E-state index in [1.807, 2.05) is 6.07 Å². The van der Waals surface area contributed by atoms with Gasteiger partial charge in [0, 0.05) is 12.6 Å². The summed E-state index contributed by atoms with van der Waals surface area (Å²) in [6.07, 6.45) is -0.757. The van der Waals surface area contributed by atoms with E-state index in [1.54, 1.807) is 24.3 Å². The Morgan fingerprint density at radius 1 is 1.33 bits per heavy atom. The molecule has 0 bridgehead atoms. The van der Waals surface area contributed by atoms with E-state index in [1.165, 1.54) is 12.2 Å². The molecule has 0 saturated carbocycles. The van der Waals surface area contributed by atoms with Gasteiger partial charge in [0.25, 0.3) is 0 Å². The van der Waals surface area contributed by atoms with Gasteiger partial charge in [0.05, 0.1) is 11.6 Å². The van der Waals surface area contributed by atoms with Crippen molar-refractivity contribution < 1.29 is 18.0 Å². The van der Waals surface area contributed by atoms with Gasteiger partial charge >= 0.3 is 6.18 Å². The maximum atomic E-state index is 12.4. The van der Waals surface area contributed by atoms with Crippen LogP contribution in [0, 0.1) is 11.3 Å². The predicted molar refractivity (Wildman–Crippen MR) is 73.0 cm³/mol. The van der Waals surface area contributed by atoms with E-state index >= 15 is 0 Å². The zero-order chi connectivity index (χ0) is 15.9. The van der Waals surface area contributed by atoms with Crippen LogP contribution in [0.25, 0.3) is 6.08 Å². The highest BCUT2D eigenvalue weighted by Crippen LogP contribution is 2.17. The first-order valence-corrected chi connectivity index (χ1v) is 6.00. The molecule has 0 radical (unpaired) electrons. The van der Waals surface area contributed by atoms with Crippen LogP contribution in [0.15, 0.2) is 43.0 Å². The second-order valence-corrected chi connectivity index (χ2v) is 4.19. The molecule has 3 nitrogen and oxygen atoms in total. The van der Waals surface area contributed by atoms with E-state index in [-0.39, 0.29) is 6.54 Å². The van der Waals surface area contributed by atoms with E-state index in [0.717, 1.165) is 6.08 Å². The lowest BCUT2D eigenvalue weighted by molar-refractivity contribution is -0.157. The first-order chi connectivity index (χ1) is 9.85. The number of rotatable bonds is 5. The Labute approximate surface area is 120 Å². The zero-order valence-electron chi connectivity index (χ0n) is 11.1. The molecule has 1 amide bonds. The van der Waals surface area contributed by atoms with E-state index in [2.05, 4.69) is 6.58 Å². The SMILES string of the molecule is C=CCN(CC(F)(F)F)C(=O)/C=C/c1ccc(C#N)cc1. The van der Waals surface area contributed by atoms with Gasteiger partial charge in [0.15, 0.2) is 0 Å². The van der Waals surface area contributed by atoms with Crippen LogP contribution < -0.4 is 0 Å². The number of carbonyl (C=O) groups is 1. The number of benzene rings is 1. The summed E-state index contributed by atoms with van der Waals surface area (Å²) < 4.78 is 37.1. The number of nitriles is 1.